The first-order valence-electron chi connectivity index (χ1n) is 14.1. The molecule has 1 amide bonds. The maximum Gasteiger partial charge on any atom is 0.290 e. The van der Waals surface area contributed by atoms with Gasteiger partial charge in [-0.15, -0.1) is 0 Å². The molecule has 2 heterocycles. The normalized spacial score (nSPS) is 14.4. The summed E-state index contributed by atoms with van der Waals surface area (Å²) in [6, 6.07) is 14.4. The van der Waals surface area contributed by atoms with Crippen LogP contribution in [0.3, 0.4) is 0 Å². The molecule has 0 saturated heterocycles. The van der Waals surface area contributed by atoms with Crippen LogP contribution < -0.4 is 24.4 Å². The van der Waals surface area contributed by atoms with Crippen molar-refractivity contribution >= 4 is 16.9 Å². The largest absolute Gasteiger partial charge is 0.493 e. The second-order valence-electron chi connectivity index (χ2n) is 11.1. The van der Waals surface area contributed by atoms with Gasteiger partial charge in [0.05, 0.1) is 44.9 Å². The topological polar surface area (TPSA) is 87.4 Å². The summed E-state index contributed by atoms with van der Waals surface area (Å²) in [6.07, 6.45) is 0.523. The lowest BCUT2D eigenvalue weighted by Crippen LogP contribution is -2.31. The highest BCUT2D eigenvalue weighted by Gasteiger charge is 2.43. The maximum atomic E-state index is 14.1. The average Bonchev–Trinajstić information content (AvgIpc) is 3.25. The Labute approximate surface area is 245 Å². The van der Waals surface area contributed by atoms with Gasteiger partial charge in [0.1, 0.15) is 5.58 Å². The molecular weight excluding hydrogens is 534 g/mol. The van der Waals surface area contributed by atoms with E-state index in [0.717, 1.165) is 22.3 Å². The third kappa shape index (κ3) is 5.29. The number of hydrogen-bond donors (Lipinski definition) is 0. The Hall–Kier alpha value is -4.46. The minimum atomic E-state index is -0.665. The van der Waals surface area contributed by atoms with E-state index in [9.17, 15) is 9.59 Å². The van der Waals surface area contributed by atoms with E-state index in [1.54, 1.807) is 26.2 Å². The van der Waals surface area contributed by atoms with E-state index in [-0.39, 0.29) is 17.1 Å². The number of amides is 1. The summed E-state index contributed by atoms with van der Waals surface area (Å²) in [5.41, 5.74) is 4.02. The Morgan fingerprint density at radius 3 is 2.24 bits per heavy atom. The molecule has 1 atom stereocenters. The van der Waals surface area contributed by atoms with Gasteiger partial charge in [-0.25, -0.2) is 0 Å². The van der Waals surface area contributed by atoms with E-state index in [2.05, 4.69) is 13.8 Å². The molecule has 8 nitrogen and oxygen atoms in total. The zero-order valence-corrected chi connectivity index (χ0v) is 25.2. The van der Waals surface area contributed by atoms with Crippen molar-refractivity contribution in [1.29, 1.82) is 0 Å². The molecular formula is C34H37NO7. The molecule has 0 saturated carbocycles. The number of methoxy groups -OCH3 is 3. The van der Waals surface area contributed by atoms with Gasteiger partial charge in [0, 0.05) is 6.54 Å². The summed E-state index contributed by atoms with van der Waals surface area (Å²) in [5, 5.41) is 0.489. The van der Waals surface area contributed by atoms with Crippen LogP contribution in [0.2, 0.25) is 0 Å². The van der Waals surface area contributed by atoms with E-state index in [1.165, 1.54) is 0 Å². The van der Waals surface area contributed by atoms with Crippen molar-refractivity contribution in [2.45, 2.75) is 40.2 Å². The molecule has 0 radical (unpaired) electrons. The van der Waals surface area contributed by atoms with Crippen molar-refractivity contribution in [3.8, 4) is 23.0 Å². The first kappa shape index (κ1) is 29.0. The molecule has 0 aliphatic carbocycles. The van der Waals surface area contributed by atoms with Crippen LogP contribution in [0.15, 0.2) is 57.7 Å². The Morgan fingerprint density at radius 1 is 0.857 bits per heavy atom. The Balaban J connectivity index is 1.62. The van der Waals surface area contributed by atoms with E-state index >= 15 is 0 Å². The van der Waals surface area contributed by atoms with Gasteiger partial charge in [0.25, 0.3) is 5.91 Å². The molecule has 0 spiro atoms. The third-order valence-electron chi connectivity index (χ3n) is 7.58. The monoisotopic (exact) mass is 571 g/mol. The molecule has 1 aliphatic heterocycles. The Bertz CT molecular complexity index is 1700. The molecule has 3 aromatic carbocycles. The van der Waals surface area contributed by atoms with Crippen LogP contribution in [0.5, 0.6) is 23.0 Å². The molecule has 220 valence electrons. The third-order valence-corrected chi connectivity index (χ3v) is 7.58. The number of hydrogen-bond acceptors (Lipinski definition) is 7. The quantitative estimate of drug-likeness (QED) is 0.222. The van der Waals surface area contributed by atoms with Crippen molar-refractivity contribution in [3.05, 3.63) is 92.3 Å². The van der Waals surface area contributed by atoms with Gasteiger partial charge in [0.2, 0.25) is 5.76 Å². The van der Waals surface area contributed by atoms with Gasteiger partial charge in [-0.1, -0.05) is 32.0 Å². The molecule has 1 unspecified atom stereocenters. The van der Waals surface area contributed by atoms with Gasteiger partial charge in [-0.3, -0.25) is 9.59 Å². The molecule has 4 aromatic rings. The Morgan fingerprint density at radius 2 is 1.55 bits per heavy atom. The van der Waals surface area contributed by atoms with Crippen LogP contribution >= 0.6 is 0 Å². The van der Waals surface area contributed by atoms with Gasteiger partial charge in [0.15, 0.2) is 28.4 Å². The minimum absolute atomic E-state index is 0.0777. The lowest BCUT2D eigenvalue weighted by Gasteiger charge is -2.26. The minimum Gasteiger partial charge on any atom is -0.493 e. The summed E-state index contributed by atoms with van der Waals surface area (Å²) >= 11 is 0. The Kier molecular flexibility index (Phi) is 8.16. The number of ether oxygens (including phenoxy) is 4. The number of carbonyl (C=O) groups is 1. The zero-order valence-electron chi connectivity index (χ0n) is 25.2. The van der Waals surface area contributed by atoms with Crippen LogP contribution in [0.1, 0.15) is 58.3 Å². The SMILES string of the molecule is COc1ccc(CCN2C(=O)c3oc4cc(C)cc(C)c4c(=O)c3C2c2ccc(OCC(C)C)c(OC)c2)cc1OC. The summed E-state index contributed by atoms with van der Waals surface area (Å²) in [4.78, 5) is 29.8. The summed E-state index contributed by atoms with van der Waals surface area (Å²) in [5.74, 6) is 2.47. The van der Waals surface area contributed by atoms with Gasteiger partial charge >= 0.3 is 0 Å². The number of benzene rings is 3. The van der Waals surface area contributed by atoms with E-state index in [4.69, 9.17) is 23.4 Å². The standard InChI is InChI=1S/C34H37NO7/c1-19(2)18-41-25-11-9-23(17-27(25)40-7)31-30-32(36)29-21(4)14-20(3)15-28(29)42-33(30)34(37)35(31)13-12-22-8-10-24(38-5)26(16-22)39-6/h8-11,14-17,19,31H,12-13,18H2,1-7H3. The van der Waals surface area contributed by atoms with Gasteiger partial charge in [-0.05, 0) is 78.8 Å². The molecule has 5 rings (SSSR count). The van der Waals surface area contributed by atoms with Crippen molar-refractivity contribution < 1.29 is 28.2 Å². The van der Waals surface area contributed by atoms with Crippen LogP contribution in [0.4, 0.5) is 0 Å². The fraction of sp³-hybridized carbons (Fsp3) is 0.353. The van der Waals surface area contributed by atoms with Crippen molar-refractivity contribution in [2.24, 2.45) is 5.92 Å². The molecule has 8 heteroatoms. The number of nitrogens with zero attached hydrogens (tertiary/aromatic N) is 1. The predicted octanol–water partition coefficient (Wildman–Crippen LogP) is 6.26. The molecule has 0 fully saturated rings. The van der Waals surface area contributed by atoms with Crippen molar-refractivity contribution in [1.82, 2.24) is 4.90 Å². The fourth-order valence-corrected chi connectivity index (χ4v) is 5.61. The number of fused-ring (bicyclic) bond motifs is 2. The summed E-state index contributed by atoms with van der Waals surface area (Å²) in [7, 11) is 4.76. The summed E-state index contributed by atoms with van der Waals surface area (Å²) in [6.45, 7) is 8.85. The van der Waals surface area contributed by atoms with Crippen molar-refractivity contribution in [2.75, 3.05) is 34.5 Å². The fourth-order valence-electron chi connectivity index (χ4n) is 5.61. The van der Waals surface area contributed by atoms with Crippen LogP contribution in [0.25, 0.3) is 11.0 Å². The highest BCUT2D eigenvalue weighted by molar-refractivity contribution is 5.99. The highest BCUT2D eigenvalue weighted by Crippen LogP contribution is 2.41. The lowest BCUT2D eigenvalue weighted by molar-refractivity contribution is 0.0729. The van der Waals surface area contributed by atoms with Gasteiger partial charge < -0.3 is 28.3 Å². The first-order chi connectivity index (χ1) is 20.2. The van der Waals surface area contributed by atoms with Crippen LogP contribution in [-0.2, 0) is 6.42 Å². The molecule has 42 heavy (non-hydrogen) atoms. The van der Waals surface area contributed by atoms with Crippen LogP contribution in [-0.4, -0.2) is 45.3 Å². The maximum absolute atomic E-state index is 14.1. The highest BCUT2D eigenvalue weighted by atomic mass is 16.5. The second kappa shape index (κ2) is 11.8. The average molecular weight is 572 g/mol. The molecule has 1 aromatic heterocycles. The van der Waals surface area contributed by atoms with E-state index < -0.39 is 6.04 Å². The second-order valence-corrected chi connectivity index (χ2v) is 11.1. The molecule has 1 aliphatic rings. The molecule has 0 N–H and O–H groups in total. The van der Waals surface area contributed by atoms with E-state index in [0.29, 0.717) is 65.0 Å². The van der Waals surface area contributed by atoms with Crippen LogP contribution in [0, 0.1) is 19.8 Å². The van der Waals surface area contributed by atoms with Gasteiger partial charge in [-0.2, -0.15) is 0 Å². The lowest BCUT2D eigenvalue weighted by atomic mass is 9.96. The zero-order chi connectivity index (χ0) is 30.1. The number of rotatable bonds is 10. The van der Waals surface area contributed by atoms with E-state index in [1.807, 2.05) is 62.4 Å². The summed E-state index contributed by atoms with van der Waals surface area (Å²) < 4.78 is 28.7. The number of carbonyl (C=O) groups excluding carboxylic acids is 1. The van der Waals surface area contributed by atoms with Crippen molar-refractivity contribution in [3.63, 3.8) is 0 Å². The number of aryl methyl sites for hydroxylation is 2. The predicted molar refractivity (Wildman–Crippen MR) is 161 cm³/mol. The smallest absolute Gasteiger partial charge is 0.290 e. The molecule has 0 bridgehead atoms. The first-order valence-corrected chi connectivity index (χ1v) is 14.1.